The molecule has 0 fully saturated rings. The maximum atomic E-state index is 12.4. The molecule has 0 spiro atoms. The van der Waals surface area contributed by atoms with Crippen LogP contribution in [0.5, 0.6) is 0 Å². The van der Waals surface area contributed by atoms with Crippen LogP contribution < -0.4 is 4.90 Å². The zero-order valence-electron chi connectivity index (χ0n) is 12.1. The SMILES string of the molecule is C=C(C)CN1C(=O)C(C)Sc2ccc(C(=O)CC)cc21. The number of thioether (sulfide) groups is 1. The highest BCUT2D eigenvalue weighted by atomic mass is 32.2. The molecule has 1 aliphatic heterocycles. The Hall–Kier alpha value is -1.55. The molecule has 1 aromatic rings. The van der Waals surface area contributed by atoms with Crippen LogP contribution in [0.1, 0.15) is 37.6 Å². The molecule has 1 atom stereocenters. The van der Waals surface area contributed by atoms with Gasteiger partial charge in [-0.15, -0.1) is 11.8 Å². The molecule has 1 amide bonds. The molecule has 1 aliphatic rings. The van der Waals surface area contributed by atoms with Crippen LogP contribution in [0.4, 0.5) is 5.69 Å². The van der Waals surface area contributed by atoms with Crippen molar-refractivity contribution in [3.8, 4) is 0 Å². The highest BCUT2D eigenvalue weighted by molar-refractivity contribution is 8.00. The Labute approximate surface area is 124 Å². The molecule has 0 saturated heterocycles. The second-order valence-electron chi connectivity index (χ2n) is 5.10. The summed E-state index contributed by atoms with van der Waals surface area (Å²) in [5.41, 5.74) is 2.43. The molecule has 0 N–H and O–H groups in total. The third-order valence-corrected chi connectivity index (χ3v) is 4.39. The minimum absolute atomic E-state index is 0.0756. The van der Waals surface area contributed by atoms with Gasteiger partial charge in [-0.05, 0) is 26.0 Å². The van der Waals surface area contributed by atoms with E-state index in [0.29, 0.717) is 18.5 Å². The van der Waals surface area contributed by atoms with E-state index in [1.54, 1.807) is 16.7 Å². The fourth-order valence-corrected chi connectivity index (χ4v) is 3.26. The summed E-state index contributed by atoms with van der Waals surface area (Å²) in [6.07, 6.45) is 0.469. The molecule has 0 radical (unpaired) electrons. The Morgan fingerprint density at radius 2 is 2.15 bits per heavy atom. The van der Waals surface area contributed by atoms with E-state index in [0.717, 1.165) is 16.2 Å². The highest BCUT2D eigenvalue weighted by Gasteiger charge is 2.31. The van der Waals surface area contributed by atoms with Crippen molar-refractivity contribution in [2.75, 3.05) is 11.4 Å². The summed E-state index contributed by atoms with van der Waals surface area (Å²) in [5.74, 6) is 0.172. The van der Waals surface area contributed by atoms with Crippen LogP contribution in [0, 0.1) is 0 Å². The average Bonchev–Trinajstić information content (AvgIpc) is 2.42. The number of anilines is 1. The number of amides is 1. The van der Waals surface area contributed by atoms with E-state index in [1.165, 1.54) is 0 Å². The van der Waals surface area contributed by atoms with Crippen LogP contribution in [0.25, 0.3) is 0 Å². The van der Waals surface area contributed by atoms with Crippen molar-refractivity contribution >= 4 is 29.1 Å². The lowest BCUT2D eigenvalue weighted by Crippen LogP contribution is -2.40. The van der Waals surface area contributed by atoms with Crippen LogP contribution in [0.3, 0.4) is 0 Å². The molecule has 20 heavy (non-hydrogen) atoms. The molecule has 106 valence electrons. The Morgan fingerprint density at radius 3 is 2.75 bits per heavy atom. The normalized spacial score (nSPS) is 17.9. The zero-order valence-corrected chi connectivity index (χ0v) is 12.9. The molecular weight excluding hydrogens is 270 g/mol. The molecule has 4 heteroatoms. The lowest BCUT2D eigenvalue weighted by Gasteiger charge is -2.32. The Kier molecular flexibility index (Phi) is 4.33. The van der Waals surface area contributed by atoms with E-state index < -0.39 is 0 Å². The van der Waals surface area contributed by atoms with Crippen LogP contribution in [-0.4, -0.2) is 23.5 Å². The molecule has 0 aliphatic carbocycles. The van der Waals surface area contributed by atoms with E-state index in [1.807, 2.05) is 39.0 Å². The number of Topliss-reactive ketones (excluding diaryl/α,β-unsaturated/α-hetero) is 1. The summed E-state index contributed by atoms with van der Waals surface area (Å²) < 4.78 is 0. The minimum atomic E-state index is -0.102. The van der Waals surface area contributed by atoms with Crippen molar-refractivity contribution in [1.82, 2.24) is 0 Å². The predicted octanol–water partition coefficient (Wildman–Crippen LogP) is 3.68. The standard InChI is InChI=1S/C16H19NO2S/c1-5-14(18)12-6-7-15-13(8-12)17(9-10(2)3)16(19)11(4)20-15/h6-8,11H,2,5,9H2,1,3-4H3. The fourth-order valence-electron chi connectivity index (χ4n) is 2.22. The second-order valence-corrected chi connectivity index (χ2v) is 6.48. The van der Waals surface area contributed by atoms with Crippen molar-refractivity contribution in [2.24, 2.45) is 0 Å². The topological polar surface area (TPSA) is 37.4 Å². The minimum Gasteiger partial charge on any atom is -0.306 e. The smallest absolute Gasteiger partial charge is 0.240 e. The van der Waals surface area contributed by atoms with Gasteiger partial charge in [-0.3, -0.25) is 9.59 Å². The zero-order chi connectivity index (χ0) is 14.9. The third-order valence-electron chi connectivity index (χ3n) is 3.24. The van der Waals surface area contributed by atoms with Gasteiger partial charge < -0.3 is 4.90 Å². The monoisotopic (exact) mass is 289 g/mol. The molecule has 1 aromatic carbocycles. The summed E-state index contributed by atoms with van der Waals surface area (Å²) in [5, 5.41) is -0.102. The van der Waals surface area contributed by atoms with E-state index in [-0.39, 0.29) is 16.9 Å². The quantitative estimate of drug-likeness (QED) is 0.627. The third kappa shape index (κ3) is 2.80. The first kappa shape index (κ1) is 14.9. The van der Waals surface area contributed by atoms with Gasteiger partial charge in [-0.2, -0.15) is 0 Å². The van der Waals surface area contributed by atoms with Crippen LogP contribution in [-0.2, 0) is 4.79 Å². The number of hydrogen-bond acceptors (Lipinski definition) is 3. The van der Waals surface area contributed by atoms with Gasteiger partial charge in [0.1, 0.15) is 0 Å². The largest absolute Gasteiger partial charge is 0.306 e. The first-order chi connectivity index (χ1) is 9.43. The summed E-state index contributed by atoms with van der Waals surface area (Å²) in [4.78, 5) is 27.0. The maximum absolute atomic E-state index is 12.4. The van der Waals surface area contributed by atoms with Crippen molar-refractivity contribution in [3.05, 3.63) is 35.9 Å². The number of ketones is 1. The number of nitrogens with zero attached hydrogens (tertiary/aromatic N) is 1. The van der Waals surface area contributed by atoms with Crippen molar-refractivity contribution < 1.29 is 9.59 Å². The summed E-state index contributed by atoms with van der Waals surface area (Å²) in [6.45, 7) is 10.0. The number of carbonyl (C=O) groups excluding carboxylic acids is 2. The first-order valence-electron chi connectivity index (χ1n) is 6.73. The average molecular weight is 289 g/mol. The molecule has 2 rings (SSSR count). The molecule has 1 heterocycles. The van der Waals surface area contributed by atoms with Crippen molar-refractivity contribution in [3.63, 3.8) is 0 Å². The van der Waals surface area contributed by atoms with Gasteiger partial charge in [0.05, 0.1) is 10.9 Å². The first-order valence-corrected chi connectivity index (χ1v) is 7.61. The lowest BCUT2D eigenvalue weighted by molar-refractivity contribution is -0.117. The van der Waals surface area contributed by atoms with Crippen molar-refractivity contribution in [2.45, 2.75) is 37.3 Å². The van der Waals surface area contributed by atoms with Gasteiger partial charge in [0.15, 0.2) is 5.78 Å². The van der Waals surface area contributed by atoms with E-state index in [4.69, 9.17) is 0 Å². The van der Waals surface area contributed by atoms with Crippen LogP contribution in [0.15, 0.2) is 35.2 Å². The molecule has 0 aromatic heterocycles. The van der Waals surface area contributed by atoms with Gasteiger partial charge in [0.2, 0.25) is 5.91 Å². The van der Waals surface area contributed by atoms with E-state index >= 15 is 0 Å². The highest BCUT2D eigenvalue weighted by Crippen LogP contribution is 2.40. The summed E-state index contributed by atoms with van der Waals surface area (Å²) >= 11 is 1.55. The molecular formula is C16H19NO2S. The van der Waals surface area contributed by atoms with Crippen LogP contribution >= 0.6 is 11.8 Å². The van der Waals surface area contributed by atoms with Crippen molar-refractivity contribution in [1.29, 1.82) is 0 Å². The molecule has 1 unspecified atom stereocenters. The lowest BCUT2D eigenvalue weighted by atomic mass is 10.1. The molecule has 3 nitrogen and oxygen atoms in total. The van der Waals surface area contributed by atoms with Gasteiger partial charge in [-0.25, -0.2) is 0 Å². The van der Waals surface area contributed by atoms with Gasteiger partial charge >= 0.3 is 0 Å². The Bertz CT molecular complexity index is 580. The van der Waals surface area contributed by atoms with E-state index in [2.05, 4.69) is 6.58 Å². The summed E-state index contributed by atoms with van der Waals surface area (Å²) in [6, 6.07) is 5.62. The predicted molar refractivity (Wildman–Crippen MR) is 83.5 cm³/mol. The number of hydrogen-bond donors (Lipinski definition) is 0. The molecule has 0 bridgehead atoms. The number of rotatable bonds is 4. The van der Waals surface area contributed by atoms with E-state index in [9.17, 15) is 9.59 Å². The Balaban J connectivity index is 2.48. The molecule has 0 saturated carbocycles. The maximum Gasteiger partial charge on any atom is 0.240 e. The van der Waals surface area contributed by atoms with Gasteiger partial charge in [0, 0.05) is 23.4 Å². The number of fused-ring (bicyclic) bond motifs is 1. The number of carbonyl (C=O) groups is 2. The second kappa shape index (κ2) is 5.83. The Morgan fingerprint density at radius 1 is 1.45 bits per heavy atom. The van der Waals surface area contributed by atoms with Gasteiger partial charge in [-0.1, -0.05) is 25.1 Å². The van der Waals surface area contributed by atoms with Gasteiger partial charge in [0.25, 0.3) is 0 Å². The summed E-state index contributed by atoms with van der Waals surface area (Å²) in [7, 11) is 0. The van der Waals surface area contributed by atoms with Crippen LogP contribution in [0.2, 0.25) is 0 Å². The number of benzene rings is 1. The fraction of sp³-hybridized carbons (Fsp3) is 0.375.